The smallest absolute Gasteiger partial charge is 0.223 e. The van der Waals surface area contributed by atoms with Crippen LogP contribution < -0.4 is 15.5 Å². The molecule has 0 spiro atoms. The van der Waals surface area contributed by atoms with Gasteiger partial charge in [-0.1, -0.05) is 24.3 Å². The second-order valence-electron chi connectivity index (χ2n) is 4.57. The average Bonchev–Trinajstić information content (AvgIpc) is 2.47. The van der Waals surface area contributed by atoms with Crippen molar-refractivity contribution >= 4 is 40.3 Å². The number of carbonyl (C=O) groups excluding carboxylic acids is 1. The van der Waals surface area contributed by atoms with Crippen LogP contribution in [0.2, 0.25) is 0 Å². The monoisotopic (exact) mass is 299 g/mol. The van der Waals surface area contributed by atoms with E-state index in [2.05, 4.69) is 10.6 Å². The molecule has 2 rings (SSSR count). The predicted octanol–water partition coefficient (Wildman–Crippen LogP) is 3.48. The molecule has 0 aliphatic heterocycles. The summed E-state index contributed by atoms with van der Waals surface area (Å²) in [5, 5.41) is 6.71. The molecule has 21 heavy (non-hydrogen) atoms. The van der Waals surface area contributed by atoms with E-state index in [4.69, 9.17) is 12.2 Å². The number of amides is 1. The molecule has 0 aromatic heterocycles. The molecular formula is C16H17N3OS. The summed E-state index contributed by atoms with van der Waals surface area (Å²) in [5.41, 5.74) is 2.57. The van der Waals surface area contributed by atoms with Crippen molar-refractivity contribution in [3.8, 4) is 0 Å². The van der Waals surface area contributed by atoms with Gasteiger partial charge >= 0.3 is 0 Å². The Morgan fingerprint density at radius 1 is 1.00 bits per heavy atom. The maximum absolute atomic E-state index is 11.4. The second kappa shape index (κ2) is 6.85. The van der Waals surface area contributed by atoms with Crippen molar-refractivity contribution in [3.05, 3.63) is 54.6 Å². The molecule has 0 radical (unpaired) electrons. The van der Waals surface area contributed by atoms with Crippen LogP contribution in [0, 0.1) is 0 Å². The first-order valence-corrected chi connectivity index (χ1v) is 6.94. The highest BCUT2D eigenvalue weighted by atomic mass is 32.1. The van der Waals surface area contributed by atoms with Gasteiger partial charge in [0, 0.05) is 31.0 Å². The fourth-order valence-corrected chi connectivity index (χ4v) is 2.02. The van der Waals surface area contributed by atoms with Gasteiger partial charge in [0.1, 0.15) is 0 Å². The van der Waals surface area contributed by atoms with Crippen molar-refractivity contribution < 1.29 is 4.79 Å². The summed E-state index contributed by atoms with van der Waals surface area (Å²) in [4.78, 5) is 13.0. The van der Waals surface area contributed by atoms with Crippen LogP contribution >= 0.6 is 12.2 Å². The third-order valence-electron chi connectivity index (χ3n) is 3.00. The summed E-state index contributed by atoms with van der Waals surface area (Å²) >= 11 is 5.28. The molecule has 0 aliphatic rings. The molecule has 108 valence electrons. The Labute approximate surface area is 129 Å². The lowest BCUT2D eigenvalue weighted by molar-refractivity contribution is -0.116. The molecule has 0 bridgehead atoms. The minimum Gasteiger partial charge on any atom is -0.332 e. The van der Waals surface area contributed by atoms with Crippen molar-refractivity contribution in [1.82, 2.24) is 0 Å². The van der Waals surface area contributed by atoms with Crippen molar-refractivity contribution in [2.24, 2.45) is 0 Å². The van der Waals surface area contributed by atoms with E-state index in [1.54, 1.807) is 11.9 Å². The molecule has 5 heteroatoms. The van der Waals surface area contributed by atoms with Crippen LogP contribution in [-0.2, 0) is 4.79 Å². The lowest BCUT2D eigenvalue weighted by Gasteiger charge is -2.17. The van der Waals surface area contributed by atoms with Gasteiger partial charge in [-0.3, -0.25) is 4.79 Å². The van der Waals surface area contributed by atoms with Crippen molar-refractivity contribution in [1.29, 1.82) is 0 Å². The van der Waals surface area contributed by atoms with E-state index in [-0.39, 0.29) is 5.91 Å². The molecule has 0 saturated carbocycles. The number of anilines is 3. The zero-order valence-corrected chi connectivity index (χ0v) is 12.8. The molecule has 2 N–H and O–H groups in total. The third kappa shape index (κ3) is 4.29. The number of hydrogen-bond donors (Lipinski definition) is 2. The fraction of sp³-hybridized carbons (Fsp3) is 0.125. The summed E-state index contributed by atoms with van der Waals surface area (Å²) in [6.07, 6.45) is 0. The van der Waals surface area contributed by atoms with E-state index >= 15 is 0 Å². The van der Waals surface area contributed by atoms with E-state index in [1.807, 2.05) is 54.6 Å². The Hall–Kier alpha value is -2.40. The maximum atomic E-state index is 11.4. The molecule has 4 nitrogen and oxygen atoms in total. The number of benzene rings is 2. The Kier molecular flexibility index (Phi) is 4.90. The number of rotatable bonds is 3. The van der Waals surface area contributed by atoms with Crippen LogP contribution in [0.5, 0.6) is 0 Å². The topological polar surface area (TPSA) is 44.4 Å². The molecule has 0 fully saturated rings. The van der Waals surface area contributed by atoms with Crippen LogP contribution in [0.15, 0.2) is 54.6 Å². The van der Waals surface area contributed by atoms with Crippen LogP contribution in [0.3, 0.4) is 0 Å². The Morgan fingerprint density at radius 3 is 2.29 bits per heavy atom. The van der Waals surface area contributed by atoms with E-state index < -0.39 is 0 Å². The van der Waals surface area contributed by atoms with E-state index in [0.717, 1.165) is 17.1 Å². The molecule has 0 atom stereocenters. The van der Waals surface area contributed by atoms with Gasteiger partial charge in [-0.05, 0) is 42.5 Å². The Balaban J connectivity index is 2.04. The van der Waals surface area contributed by atoms with Crippen LogP contribution in [0.1, 0.15) is 6.92 Å². The number of nitrogens with zero attached hydrogens (tertiary/aromatic N) is 1. The number of hydrogen-bond acceptors (Lipinski definition) is 2. The summed E-state index contributed by atoms with van der Waals surface area (Å²) < 4.78 is 0. The van der Waals surface area contributed by atoms with Crippen molar-refractivity contribution in [2.45, 2.75) is 6.92 Å². The normalized spacial score (nSPS) is 9.81. The molecule has 1 amide bonds. The molecule has 0 unspecified atom stereocenters. The summed E-state index contributed by atoms with van der Waals surface area (Å²) in [6.45, 7) is 1.53. The quantitative estimate of drug-likeness (QED) is 0.852. The minimum atomic E-state index is -0.0165. The second-order valence-corrected chi connectivity index (χ2v) is 4.98. The van der Waals surface area contributed by atoms with Gasteiger partial charge in [-0.2, -0.15) is 0 Å². The van der Waals surface area contributed by atoms with Crippen molar-refractivity contribution in [3.63, 3.8) is 0 Å². The zero-order valence-electron chi connectivity index (χ0n) is 12.0. The van der Waals surface area contributed by atoms with Crippen LogP contribution in [0.25, 0.3) is 0 Å². The Bertz CT molecular complexity index is 643. The fourth-order valence-electron chi connectivity index (χ4n) is 1.79. The lowest BCUT2D eigenvalue weighted by atomic mass is 10.2. The molecule has 0 saturated heterocycles. The molecule has 2 aromatic carbocycles. The minimum absolute atomic E-state index is 0.0165. The molecule has 0 aliphatic carbocycles. The van der Waals surface area contributed by atoms with Gasteiger partial charge in [0.25, 0.3) is 0 Å². The van der Waals surface area contributed by atoms with E-state index in [9.17, 15) is 4.79 Å². The molecular weight excluding hydrogens is 282 g/mol. The first kappa shape index (κ1) is 15.0. The first-order chi connectivity index (χ1) is 10.1. The van der Waals surface area contributed by atoms with Gasteiger partial charge < -0.3 is 15.5 Å². The molecule has 2 aromatic rings. The summed E-state index contributed by atoms with van der Waals surface area (Å²) in [6, 6.07) is 17.2. The van der Waals surface area contributed by atoms with Crippen LogP contribution in [0.4, 0.5) is 17.1 Å². The zero-order chi connectivity index (χ0) is 15.2. The number of para-hydroxylation sites is 1. The Morgan fingerprint density at radius 2 is 1.62 bits per heavy atom. The highest BCUT2D eigenvalue weighted by Gasteiger charge is 2.06. The molecule has 0 heterocycles. The van der Waals surface area contributed by atoms with Gasteiger partial charge in [0.15, 0.2) is 5.11 Å². The third-order valence-corrected chi connectivity index (χ3v) is 3.20. The standard InChI is InChI=1S/C16H17N3OS/c1-12(20)19(2)15-10-6-9-14(11-15)18-16(21)17-13-7-4-3-5-8-13/h3-11H,1-2H3,(H2,17,18,21). The highest BCUT2D eigenvalue weighted by Crippen LogP contribution is 2.19. The average molecular weight is 299 g/mol. The predicted molar refractivity (Wildman–Crippen MR) is 91.8 cm³/mol. The largest absolute Gasteiger partial charge is 0.332 e. The summed E-state index contributed by atoms with van der Waals surface area (Å²) in [5.74, 6) is -0.0165. The SMILES string of the molecule is CC(=O)N(C)c1cccc(NC(=S)Nc2ccccc2)c1. The number of thiocarbonyl (C=S) groups is 1. The number of carbonyl (C=O) groups is 1. The lowest BCUT2D eigenvalue weighted by Crippen LogP contribution is -2.23. The van der Waals surface area contributed by atoms with Crippen LogP contribution in [-0.4, -0.2) is 18.1 Å². The van der Waals surface area contributed by atoms with Gasteiger partial charge in [0.2, 0.25) is 5.91 Å². The van der Waals surface area contributed by atoms with Crippen molar-refractivity contribution in [2.75, 3.05) is 22.6 Å². The number of nitrogens with one attached hydrogen (secondary N) is 2. The van der Waals surface area contributed by atoms with Gasteiger partial charge in [-0.15, -0.1) is 0 Å². The highest BCUT2D eigenvalue weighted by molar-refractivity contribution is 7.80. The maximum Gasteiger partial charge on any atom is 0.223 e. The van der Waals surface area contributed by atoms with E-state index in [1.165, 1.54) is 6.92 Å². The first-order valence-electron chi connectivity index (χ1n) is 6.53. The van der Waals surface area contributed by atoms with Gasteiger partial charge in [-0.25, -0.2) is 0 Å². The van der Waals surface area contributed by atoms with Gasteiger partial charge in [0.05, 0.1) is 0 Å². The van der Waals surface area contributed by atoms with E-state index in [0.29, 0.717) is 5.11 Å². The summed E-state index contributed by atoms with van der Waals surface area (Å²) in [7, 11) is 1.74.